The molecule has 1 aromatic rings. The summed E-state index contributed by atoms with van der Waals surface area (Å²) in [7, 11) is 0. The van der Waals surface area contributed by atoms with Crippen LogP contribution >= 0.6 is 0 Å². The number of carbonyl (C=O) groups is 2. The molecule has 6 heteroatoms. The topological polar surface area (TPSA) is 75.9 Å². The van der Waals surface area contributed by atoms with Crippen molar-refractivity contribution in [3.8, 4) is 5.75 Å². The number of nitrogens with two attached hydrogens (primary N) is 1. The fraction of sp³-hybridized carbons (Fsp3) is 0.579. The number of benzene rings is 1. The van der Waals surface area contributed by atoms with E-state index in [4.69, 9.17) is 10.5 Å². The van der Waals surface area contributed by atoms with Crippen LogP contribution in [0.25, 0.3) is 0 Å². The zero-order valence-corrected chi connectivity index (χ0v) is 15.8. The first kappa shape index (κ1) is 19.2. The van der Waals surface area contributed by atoms with Crippen molar-refractivity contribution in [1.29, 1.82) is 0 Å². The van der Waals surface area contributed by atoms with Crippen molar-refractivity contribution in [1.82, 2.24) is 4.90 Å². The Kier molecular flexibility index (Phi) is 5.72. The number of ether oxygens (including phenoxy) is 1. The standard InChI is InChI=1S/C19H29N3O3/c1-6-14(20)13-9-10-16-15(11-13)22(18(24)19(4,5)25-16)12-17(23)21(7-2)8-3/h9-11,14H,6-8,12,20H2,1-5H3. The summed E-state index contributed by atoms with van der Waals surface area (Å²) in [5.74, 6) is 0.305. The van der Waals surface area contributed by atoms with E-state index in [-0.39, 0.29) is 24.4 Å². The molecular weight excluding hydrogens is 318 g/mol. The SMILES string of the molecule is CCC(N)c1ccc2c(c1)N(CC(=O)N(CC)CC)C(=O)C(C)(C)O2. The maximum atomic E-state index is 12.9. The van der Waals surface area contributed by atoms with Gasteiger partial charge in [0.05, 0.1) is 5.69 Å². The lowest BCUT2D eigenvalue weighted by atomic mass is 9.99. The van der Waals surface area contributed by atoms with E-state index in [0.717, 1.165) is 12.0 Å². The summed E-state index contributed by atoms with van der Waals surface area (Å²) in [6.45, 7) is 10.5. The average molecular weight is 347 g/mol. The van der Waals surface area contributed by atoms with Crippen LogP contribution in [0.3, 0.4) is 0 Å². The molecule has 0 saturated heterocycles. The van der Waals surface area contributed by atoms with Crippen LogP contribution in [0, 0.1) is 0 Å². The molecule has 25 heavy (non-hydrogen) atoms. The van der Waals surface area contributed by atoms with Crippen molar-refractivity contribution in [2.24, 2.45) is 5.73 Å². The van der Waals surface area contributed by atoms with Gasteiger partial charge in [0, 0.05) is 19.1 Å². The fourth-order valence-electron chi connectivity index (χ4n) is 3.02. The molecule has 0 spiro atoms. The molecule has 1 heterocycles. The van der Waals surface area contributed by atoms with Crippen molar-refractivity contribution in [2.75, 3.05) is 24.5 Å². The van der Waals surface area contributed by atoms with Gasteiger partial charge in [-0.05, 0) is 51.8 Å². The number of anilines is 1. The van der Waals surface area contributed by atoms with Gasteiger partial charge in [0.2, 0.25) is 5.91 Å². The second-order valence-corrected chi connectivity index (χ2v) is 6.81. The average Bonchev–Trinajstić information content (AvgIpc) is 2.58. The minimum Gasteiger partial charge on any atom is -0.476 e. The molecule has 138 valence electrons. The minimum absolute atomic E-state index is 0.00508. The highest BCUT2D eigenvalue weighted by molar-refractivity contribution is 6.05. The number of likely N-dealkylation sites (N-methyl/N-ethyl adjacent to an activating group) is 1. The third kappa shape index (κ3) is 3.79. The zero-order valence-electron chi connectivity index (χ0n) is 15.8. The monoisotopic (exact) mass is 347 g/mol. The molecule has 0 radical (unpaired) electrons. The number of nitrogens with zero attached hydrogens (tertiary/aromatic N) is 2. The molecule has 1 atom stereocenters. The van der Waals surface area contributed by atoms with Gasteiger partial charge >= 0.3 is 0 Å². The number of hydrogen-bond acceptors (Lipinski definition) is 4. The number of amides is 2. The molecule has 0 aliphatic carbocycles. The molecule has 1 unspecified atom stereocenters. The highest BCUT2D eigenvalue weighted by Gasteiger charge is 2.42. The Morgan fingerprint density at radius 1 is 1.28 bits per heavy atom. The highest BCUT2D eigenvalue weighted by Crippen LogP contribution is 2.39. The largest absolute Gasteiger partial charge is 0.476 e. The summed E-state index contributed by atoms with van der Waals surface area (Å²) in [5.41, 5.74) is 6.67. The summed E-state index contributed by atoms with van der Waals surface area (Å²) in [6, 6.07) is 5.51. The van der Waals surface area contributed by atoms with Crippen molar-refractivity contribution in [3.05, 3.63) is 23.8 Å². The Labute approximate surface area is 149 Å². The summed E-state index contributed by atoms with van der Waals surface area (Å²) < 4.78 is 5.87. The molecule has 1 aliphatic rings. The van der Waals surface area contributed by atoms with Gasteiger partial charge in [-0.3, -0.25) is 14.5 Å². The van der Waals surface area contributed by atoms with E-state index >= 15 is 0 Å². The van der Waals surface area contributed by atoms with Crippen LogP contribution in [-0.4, -0.2) is 41.9 Å². The quantitative estimate of drug-likeness (QED) is 0.858. The normalized spacial score (nSPS) is 16.9. The van der Waals surface area contributed by atoms with E-state index in [2.05, 4.69) is 0 Å². The van der Waals surface area contributed by atoms with E-state index in [0.29, 0.717) is 24.5 Å². The Balaban J connectivity index is 2.43. The summed E-state index contributed by atoms with van der Waals surface area (Å²) in [5, 5.41) is 0. The van der Waals surface area contributed by atoms with E-state index in [1.165, 1.54) is 4.90 Å². The van der Waals surface area contributed by atoms with Crippen LogP contribution in [0.5, 0.6) is 5.75 Å². The maximum Gasteiger partial charge on any atom is 0.271 e. The van der Waals surface area contributed by atoms with Crippen LogP contribution in [0.2, 0.25) is 0 Å². The minimum atomic E-state index is -1.01. The van der Waals surface area contributed by atoms with Crippen LogP contribution in [0.4, 0.5) is 5.69 Å². The first-order valence-corrected chi connectivity index (χ1v) is 8.93. The smallest absolute Gasteiger partial charge is 0.271 e. The predicted octanol–water partition coefficient (Wildman–Crippen LogP) is 2.47. The second kappa shape index (κ2) is 7.44. The van der Waals surface area contributed by atoms with Gasteiger partial charge in [-0.25, -0.2) is 0 Å². The van der Waals surface area contributed by atoms with E-state index in [1.807, 2.05) is 39.0 Å². The van der Waals surface area contributed by atoms with Gasteiger partial charge in [-0.1, -0.05) is 13.0 Å². The van der Waals surface area contributed by atoms with Crippen molar-refractivity contribution in [3.63, 3.8) is 0 Å². The van der Waals surface area contributed by atoms with Crippen LogP contribution in [0.15, 0.2) is 18.2 Å². The molecule has 0 saturated carbocycles. The van der Waals surface area contributed by atoms with Gasteiger partial charge in [0.15, 0.2) is 5.60 Å². The highest BCUT2D eigenvalue weighted by atomic mass is 16.5. The predicted molar refractivity (Wildman–Crippen MR) is 98.6 cm³/mol. The summed E-state index contributed by atoms with van der Waals surface area (Å²) >= 11 is 0. The van der Waals surface area contributed by atoms with Crippen LogP contribution in [-0.2, 0) is 9.59 Å². The molecular formula is C19H29N3O3. The molecule has 2 rings (SSSR count). The molecule has 1 aliphatic heterocycles. The fourth-order valence-corrected chi connectivity index (χ4v) is 3.02. The molecule has 6 nitrogen and oxygen atoms in total. The van der Waals surface area contributed by atoms with E-state index in [9.17, 15) is 9.59 Å². The zero-order chi connectivity index (χ0) is 18.8. The Morgan fingerprint density at radius 3 is 2.48 bits per heavy atom. The molecule has 2 N–H and O–H groups in total. The number of rotatable bonds is 6. The second-order valence-electron chi connectivity index (χ2n) is 6.81. The van der Waals surface area contributed by atoms with Crippen molar-refractivity contribution >= 4 is 17.5 Å². The number of carbonyl (C=O) groups excluding carboxylic acids is 2. The van der Waals surface area contributed by atoms with Gasteiger partial charge < -0.3 is 15.4 Å². The van der Waals surface area contributed by atoms with Gasteiger partial charge in [0.1, 0.15) is 12.3 Å². The first-order valence-electron chi connectivity index (χ1n) is 8.93. The number of fused-ring (bicyclic) bond motifs is 1. The molecule has 1 aromatic carbocycles. The molecule has 0 aromatic heterocycles. The lowest BCUT2D eigenvalue weighted by Crippen LogP contribution is -2.55. The van der Waals surface area contributed by atoms with Crippen molar-refractivity contribution in [2.45, 2.75) is 52.7 Å². The molecule has 0 bridgehead atoms. The number of hydrogen-bond donors (Lipinski definition) is 1. The van der Waals surface area contributed by atoms with Gasteiger partial charge in [0.25, 0.3) is 5.91 Å². The van der Waals surface area contributed by atoms with Gasteiger partial charge in [-0.2, -0.15) is 0 Å². The van der Waals surface area contributed by atoms with Gasteiger partial charge in [-0.15, -0.1) is 0 Å². The lowest BCUT2D eigenvalue weighted by Gasteiger charge is -2.39. The lowest BCUT2D eigenvalue weighted by molar-refractivity contribution is -0.136. The summed E-state index contributed by atoms with van der Waals surface area (Å²) in [4.78, 5) is 28.7. The van der Waals surface area contributed by atoms with Crippen molar-refractivity contribution < 1.29 is 14.3 Å². The Hall–Kier alpha value is -2.08. The molecule has 2 amide bonds. The van der Waals surface area contributed by atoms with Crippen LogP contribution in [0.1, 0.15) is 52.6 Å². The Morgan fingerprint density at radius 2 is 1.92 bits per heavy atom. The first-order chi connectivity index (χ1) is 11.7. The van der Waals surface area contributed by atoms with Crippen LogP contribution < -0.4 is 15.4 Å². The summed E-state index contributed by atoms with van der Waals surface area (Å²) in [6.07, 6.45) is 0.789. The maximum absolute atomic E-state index is 12.9. The third-order valence-electron chi connectivity index (χ3n) is 4.68. The van der Waals surface area contributed by atoms with E-state index in [1.54, 1.807) is 18.7 Å². The molecule has 0 fully saturated rings. The third-order valence-corrected chi connectivity index (χ3v) is 4.68. The Bertz CT molecular complexity index is 653. The van der Waals surface area contributed by atoms with E-state index < -0.39 is 5.60 Å².